The lowest BCUT2D eigenvalue weighted by atomic mass is 10.1. The zero-order valence-electron chi connectivity index (χ0n) is 9.20. The number of amides is 1. The quantitative estimate of drug-likeness (QED) is 0.739. The standard InChI is InChI=1S/C11H12FN3O2/c1-6(16)4-13-11(17)8-2-7(12)3-9-10(8)15-5-14-9/h2-3,5-6,16H,4H2,1H3,(H,13,17)(H,14,15). The lowest BCUT2D eigenvalue weighted by Gasteiger charge is -2.07. The highest BCUT2D eigenvalue weighted by Gasteiger charge is 2.14. The predicted molar refractivity (Wildman–Crippen MR) is 60.1 cm³/mol. The fourth-order valence-corrected chi connectivity index (χ4v) is 1.52. The molecule has 1 aromatic carbocycles. The van der Waals surface area contributed by atoms with Crippen LogP contribution in [0.2, 0.25) is 0 Å². The molecular weight excluding hydrogens is 225 g/mol. The van der Waals surface area contributed by atoms with E-state index in [1.165, 1.54) is 12.4 Å². The monoisotopic (exact) mass is 237 g/mol. The Balaban J connectivity index is 2.33. The number of carbonyl (C=O) groups excluding carboxylic acids is 1. The second-order valence-electron chi connectivity index (χ2n) is 3.81. The van der Waals surface area contributed by atoms with Gasteiger partial charge in [0, 0.05) is 6.54 Å². The highest BCUT2D eigenvalue weighted by Crippen LogP contribution is 2.16. The van der Waals surface area contributed by atoms with Crippen LogP contribution in [0.3, 0.4) is 0 Å². The van der Waals surface area contributed by atoms with Gasteiger partial charge in [-0.15, -0.1) is 0 Å². The van der Waals surface area contributed by atoms with Crippen LogP contribution in [0.4, 0.5) is 4.39 Å². The third kappa shape index (κ3) is 2.42. The van der Waals surface area contributed by atoms with Crippen LogP contribution in [0.5, 0.6) is 0 Å². The number of rotatable bonds is 3. The first-order valence-corrected chi connectivity index (χ1v) is 5.17. The molecule has 1 atom stereocenters. The first-order chi connectivity index (χ1) is 8.08. The minimum Gasteiger partial charge on any atom is -0.392 e. The van der Waals surface area contributed by atoms with Crippen LogP contribution in [0.1, 0.15) is 17.3 Å². The van der Waals surface area contributed by atoms with Gasteiger partial charge in [0.25, 0.3) is 5.91 Å². The fourth-order valence-electron chi connectivity index (χ4n) is 1.52. The number of aliphatic hydroxyl groups is 1. The van der Waals surface area contributed by atoms with Crippen molar-refractivity contribution < 1.29 is 14.3 Å². The molecule has 0 aliphatic heterocycles. The summed E-state index contributed by atoms with van der Waals surface area (Å²) in [5, 5.41) is 11.6. The molecule has 17 heavy (non-hydrogen) atoms. The maximum Gasteiger partial charge on any atom is 0.253 e. The van der Waals surface area contributed by atoms with E-state index in [1.807, 2.05) is 0 Å². The van der Waals surface area contributed by atoms with Gasteiger partial charge in [-0.1, -0.05) is 0 Å². The maximum absolute atomic E-state index is 13.3. The van der Waals surface area contributed by atoms with Gasteiger partial charge < -0.3 is 15.4 Å². The molecule has 3 N–H and O–H groups in total. The molecule has 1 amide bonds. The van der Waals surface area contributed by atoms with Gasteiger partial charge in [0.1, 0.15) is 11.3 Å². The lowest BCUT2D eigenvalue weighted by molar-refractivity contribution is 0.0925. The molecule has 0 aliphatic rings. The van der Waals surface area contributed by atoms with Gasteiger partial charge in [-0.05, 0) is 19.1 Å². The van der Waals surface area contributed by atoms with Crippen molar-refractivity contribution in [3.8, 4) is 0 Å². The van der Waals surface area contributed by atoms with Gasteiger partial charge >= 0.3 is 0 Å². The van der Waals surface area contributed by atoms with Crippen molar-refractivity contribution in [2.24, 2.45) is 0 Å². The third-order valence-corrected chi connectivity index (χ3v) is 2.29. The number of hydrogen-bond donors (Lipinski definition) is 3. The number of imidazole rings is 1. The number of fused-ring (bicyclic) bond motifs is 1. The van der Waals surface area contributed by atoms with Crippen LogP contribution in [-0.4, -0.2) is 33.6 Å². The highest BCUT2D eigenvalue weighted by atomic mass is 19.1. The van der Waals surface area contributed by atoms with Gasteiger partial charge in [-0.25, -0.2) is 9.37 Å². The summed E-state index contributed by atoms with van der Waals surface area (Å²) in [6.07, 6.45) is 0.748. The minimum atomic E-state index is -0.651. The Morgan fingerprint density at radius 2 is 2.41 bits per heavy atom. The summed E-state index contributed by atoms with van der Waals surface area (Å²) < 4.78 is 13.3. The number of H-pyrrole nitrogens is 1. The number of halogens is 1. The number of aromatic amines is 1. The average molecular weight is 237 g/mol. The summed E-state index contributed by atoms with van der Waals surface area (Å²) in [6, 6.07) is 2.40. The Morgan fingerprint density at radius 3 is 3.12 bits per heavy atom. The Labute approximate surface area is 96.7 Å². The molecule has 0 radical (unpaired) electrons. The molecule has 1 unspecified atom stereocenters. The first kappa shape index (κ1) is 11.5. The lowest BCUT2D eigenvalue weighted by Crippen LogP contribution is -2.30. The molecule has 5 nitrogen and oxygen atoms in total. The number of aromatic nitrogens is 2. The fraction of sp³-hybridized carbons (Fsp3) is 0.273. The van der Waals surface area contributed by atoms with Crippen LogP contribution in [-0.2, 0) is 0 Å². The molecule has 2 rings (SSSR count). The summed E-state index contributed by atoms with van der Waals surface area (Å²) >= 11 is 0. The summed E-state index contributed by atoms with van der Waals surface area (Å²) in [5.74, 6) is -0.966. The summed E-state index contributed by atoms with van der Waals surface area (Å²) in [7, 11) is 0. The summed E-state index contributed by atoms with van der Waals surface area (Å²) in [6.45, 7) is 1.66. The van der Waals surface area contributed by atoms with Gasteiger partial charge in [-0.3, -0.25) is 4.79 Å². The number of benzene rings is 1. The SMILES string of the molecule is CC(O)CNC(=O)c1cc(F)cc2[nH]cnc12. The maximum atomic E-state index is 13.3. The van der Waals surface area contributed by atoms with E-state index >= 15 is 0 Å². The zero-order valence-corrected chi connectivity index (χ0v) is 9.20. The van der Waals surface area contributed by atoms with Crippen molar-refractivity contribution in [1.82, 2.24) is 15.3 Å². The molecule has 1 aromatic heterocycles. The van der Waals surface area contributed by atoms with E-state index in [0.29, 0.717) is 11.0 Å². The molecule has 6 heteroatoms. The minimum absolute atomic E-state index is 0.112. The van der Waals surface area contributed by atoms with Gasteiger partial charge in [0.2, 0.25) is 0 Å². The van der Waals surface area contributed by atoms with Crippen LogP contribution in [0.25, 0.3) is 11.0 Å². The molecule has 0 bridgehead atoms. The van der Waals surface area contributed by atoms with Crippen molar-refractivity contribution in [1.29, 1.82) is 0 Å². The first-order valence-electron chi connectivity index (χ1n) is 5.17. The summed E-state index contributed by atoms with van der Waals surface area (Å²) in [4.78, 5) is 18.5. The van der Waals surface area contributed by atoms with Gasteiger partial charge in [0.05, 0.1) is 23.5 Å². The largest absolute Gasteiger partial charge is 0.392 e. The number of nitrogens with zero attached hydrogens (tertiary/aromatic N) is 1. The molecule has 0 saturated carbocycles. The van der Waals surface area contributed by atoms with Crippen LogP contribution in [0.15, 0.2) is 18.5 Å². The molecule has 0 fully saturated rings. The Bertz CT molecular complexity index is 551. The number of carbonyl (C=O) groups is 1. The van der Waals surface area contributed by atoms with Crippen molar-refractivity contribution in [2.75, 3.05) is 6.54 Å². The molecule has 0 spiro atoms. The van der Waals surface area contributed by atoms with E-state index in [1.54, 1.807) is 6.92 Å². The Morgan fingerprint density at radius 1 is 1.65 bits per heavy atom. The Kier molecular flexibility index (Phi) is 3.06. The highest BCUT2D eigenvalue weighted by molar-refractivity contribution is 6.04. The molecular formula is C11H12FN3O2. The van der Waals surface area contributed by atoms with Crippen molar-refractivity contribution in [2.45, 2.75) is 13.0 Å². The number of aliphatic hydroxyl groups excluding tert-OH is 1. The van der Waals surface area contributed by atoms with Crippen molar-refractivity contribution in [3.05, 3.63) is 29.8 Å². The second-order valence-corrected chi connectivity index (χ2v) is 3.81. The summed E-state index contributed by atoms with van der Waals surface area (Å²) in [5.41, 5.74) is 1.03. The van der Waals surface area contributed by atoms with Gasteiger partial charge in [0.15, 0.2) is 0 Å². The van der Waals surface area contributed by atoms with Gasteiger partial charge in [-0.2, -0.15) is 0 Å². The van der Waals surface area contributed by atoms with Crippen LogP contribution in [0, 0.1) is 5.82 Å². The van der Waals surface area contributed by atoms with Crippen molar-refractivity contribution >= 4 is 16.9 Å². The molecule has 1 heterocycles. The Hall–Kier alpha value is -1.95. The number of nitrogens with one attached hydrogen (secondary N) is 2. The van der Waals surface area contributed by atoms with E-state index in [9.17, 15) is 9.18 Å². The van der Waals surface area contributed by atoms with E-state index < -0.39 is 17.8 Å². The van der Waals surface area contributed by atoms with E-state index in [-0.39, 0.29) is 12.1 Å². The molecule has 90 valence electrons. The normalized spacial score (nSPS) is 12.6. The predicted octanol–water partition coefficient (Wildman–Crippen LogP) is 0.813. The van der Waals surface area contributed by atoms with Crippen molar-refractivity contribution in [3.63, 3.8) is 0 Å². The molecule has 0 aliphatic carbocycles. The smallest absolute Gasteiger partial charge is 0.253 e. The van der Waals surface area contributed by atoms with Crippen LogP contribution >= 0.6 is 0 Å². The van der Waals surface area contributed by atoms with Crippen LogP contribution < -0.4 is 5.32 Å². The topological polar surface area (TPSA) is 78.0 Å². The third-order valence-electron chi connectivity index (χ3n) is 2.29. The van der Waals surface area contributed by atoms with E-state index in [0.717, 1.165) is 6.07 Å². The number of hydrogen-bond acceptors (Lipinski definition) is 3. The average Bonchev–Trinajstić information content (AvgIpc) is 2.72. The van der Waals surface area contributed by atoms with E-state index in [4.69, 9.17) is 5.11 Å². The zero-order chi connectivity index (χ0) is 12.4. The molecule has 2 aromatic rings. The van der Waals surface area contributed by atoms with E-state index in [2.05, 4.69) is 15.3 Å². The molecule has 0 saturated heterocycles. The second kappa shape index (κ2) is 4.50.